The second kappa shape index (κ2) is 7.98. The summed E-state index contributed by atoms with van der Waals surface area (Å²) >= 11 is 1.57. The van der Waals surface area contributed by atoms with Crippen LogP contribution in [0, 0.1) is 17.1 Å². The van der Waals surface area contributed by atoms with Crippen molar-refractivity contribution >= 4 is 19.7 Å². The van der Waals surface area contributed by atoms with Crippen LogP contribution in [0.3, 0.4) is 0 Å². The molecular weight excluding hydrogens is 423 g/mol. The minimum Gasteiger partial charge on any atom is -0.410 e. The smallest absolute Gasteiger partial charge is 0.192 e. The lowest BCUT2D eigenvalue weighted by atomic mass is 10.0. The van der Waals surface area contributed by atoms with E-state index in [0.29, 0.717) is 0 Å². The molecule has 2 aromatic carbocycles. The Morgan fingerprint density at radius 2 is 2.00 bits per heavy atom. The molecule has 1 aliphatic carbocycles. The van der Waals surface area contributed by atoms with Crippen molar-refractivity contribution in [3.63, 3.8) is 0 Å². The number of hydrogen-bond donors (Lipinski definition) is 0. The third-order valence-corrected chi connectivity index (χ3v) is 12.1. The van der Waals surface area contributed by atoms with Gasteiger partial charge in [0.05, 0.1) is 16.5 Å². The Hall–Kier alpha value is -2.33. The molecule has 6 heteroatoms. The van der Waals surface area contributed by atoms with Crippen LogP contribution in [0.15, 0.2) is 42.6 Å². The Morgan fingerprint density at radius 1 is 1.23 bits per heavy atom. The minimum absolute atomic E-state index is 0.0543. The number of thiazole rings is 1. The maximum absolute atomic E-state index is 13.7. The summed E-state index contributed by atoms with van der Waals surface area (Å²) < 4.78 is 20.4. The molecule has 0 radical (unpaired) electrons. The first kappa shape index (κ1) is 21.9. The van der Waals surface area contributed by atoms with E-state index in [4.69, 9.17) is 9.69 Å². The molecule has 1 unspecified atom stereocenters. The summed E-state index contributed by atoms with van der Waals surface area (Å²) in [6, 6.07) is 13.0. The fourth-order valence-electron chi connectivity index (χ4n) is 3.77. The first-order chi connectivity index (χ1) is 14.6. The van der Waals surface area contributed by atoms with Crippen molar-refractivity contribution in [3.8, 4) is 27.1 Å². The Kier molecular flexibility index (Phi) is 5.63. The van der Waals surface area contributed by atoms with E-state index in [1.807, 2.05) is 12.3 Å². The highest BCUT2D eigenvalue weighted by molar-refractivity contribution is 7.18. The van der Waals surface area contributed by atoms with E-state index >= 15 is 0 Å². The number of fused-ring (bicyclic) bond motifs is 1. The van der Waals surface area contributed by atoms with E-state index in [-0.39, 0.29) is 16.7 Å². The predicted octanol–water partition coefficient (Wildman–Crippen LogP) is 7.50. The molecule has 0 N–H and O–H groups in total. The molecule has 3 aromatic rings. The Balaban J connectivity index is 1.65. The molecule has 1 aliphatic rings. The van der Waals surface area contributed by atoms with Gasteiger partial charge in [0.2, 0.25) is 0 Å². The zero-order chi connectivity index (χ0) is 22.4. The van der Waals surface area contributed by atoms with Crippen LogP contribution in [0.5, 0.6) is 0 Å². The molecule has 0 amide bonds. The zero-order valence-electron chi connectivity index (χ0n) is 18.6. The predicted molar refractivity (Wildman–Crippen MR) is 127 cm³/mol. The molecule has 31 heavy (non-hydrogen) atoms. The normalized spacial score (nSPS) is 16.2. The number of nitrogens with zero attached hydrogens (tertiary/aromatic N) is 2. The van der Waals surface area contributed by atoms with Crippen molar-refractivity contribution in [1.82, 2.24) is 4.98 Å². The van der Waals surface area contributed by atoms with Gasteiger partial charge in [-0.3, -0.25) is 0 Å². The van der Waals surface area contributed by atoms with E-state index in [9.17, 15) is 4.39 Å². The molecule has 1 heterocycles. The molecule has 0 fully saturated rings. The standard InChI is InChI=1S/C25H27FN2OSSi/c1-25(2,3)31(4,5)29-22-12-10-18-19(22)7-6-8-20(18)24-28-15-23(30-24)16-9-11-21(26)17(13-16)14-27/h6-9,11,13,15,22H,10,12H2,1-5H3. The monoisotopic (exact) mass is 450 g/mol. The summed E-state index contributed by atoms with van der Waals surface area (Å²) in [6.45, 7) is 11.4. The topological polar surface area (TPSA) is 45.9 Å². The maximum atomic E-state index is 13.7. The zero-order valence-corrected chi connectivity index (χ0v) is 20.4. The van der Waals surface area contributed by atoms with E-state index in [1.54, 1.807) is 23.5 Å². The first-order valence-electron chi connectivity index (χ1n) is 10.6. The maximum Gasteiger partial charge on any atom is 0.192 e. The lowest BCUT2D eigenvalue weighted by Crippen LogP contribution is -2.41. The molecule has 1 atom stereocenters. The van der Waals surface area contributed by atoms with Crippen LogP contribution < -0.4 is 0 Å². The van der Waals surface area contributed by atoms with Gasteiger partial charge < -0.3 is 4.43 Å². The number of hydrogen-bond acceptors (Lipinski definition) is 4. The Labute approximate surface area is 188 Å². The van der Waals surface area contributed by atoms with E-state index in [0.717, 1.165) is 33.9 Å². The Bertz CT molecular complexity index is 1170. The SMILES string of the molecule is CC(C)(C)[Si](C)(C)OC1CCc2c(-c3ncc(-c4ccc(F)c(C#N)c4)s3)cccc21. The molecule has 0 aliphatic heterocycles. The number of halogens is 1. The number of nitriles is 1. The lowest BCUT2D eigenvalue weighted by Gasteiger charge is -2.38. The van der Waals surface area contributed by atoms with Crippen molar-refractivity contribution in [2.45, 2.75) is 57.8 Å². The summed E-state index contributed by atoms with van der Waals surface area (Å²) in [5.74, 6) is -0.496. The fourth-order valence-corrected chi connectivity index (χ4v) is 6.04. The molecule has 0 saturated heterocycles. The number of aromatic nitrogens is 1. The van der Waals surface area contributed by atoms with Crippen molar-refractivity contribution in [1.29, 1.82) is 5.26 Å². The highest BCUT2D eigenvalue weighted by Gasteiger charge is 2.41. The minimum atomic E-state index is -1.86. The van der Waals surface area contributed by atoms with Crippen LogP contribution in [0.2, 0.25) is 18.1 Å². The first-order valence-corrected chi connectivity index (χ1v) is 14.3. The molecule has 0 bridgehead atoms. The van der Waals surface area contributed by atoms with Crippen molar-refractivity contribution in [2.24, 2.45) is 0 Å². The number of benzene rings is 2. The fraction of sp³-hybridized carbons (Fsp3) is 0.360. The second-order valence-corrected chi connectivity index (χ2v) is 15.4. The van der Waals surface area contributed by atoms with E-state index < -0.39 is 14.1 Å². The third kappa shape index (κ3) is 4.10. The third-order valence-electron chi connectivity index (χ3n) is 6.57. The van der Waals surface area contributed by atoms with Crippen molar-refractivity contribution in [3.05, 3.63) is 65.1 Å². The van der Waals surface area contributed by atoms with Gasteiger partial charge in [0.1, 0.15) is 16.9 Å². The van der Waals surface area contributed by atoms with E-state index in [2.05, 4.69) is 57.0 Å². The van der Waals surface area contributed by atoms with Crippen LogP contribution in [-0.4, -0.2) is 13.3 Å². The Morgan fingerprint density at radius 3 is 2.71 bits per heavy atom. The van der Waals surface area contributed by atoms with Crippen LogP contribution in [0.1, 0.15) is 50.0 Å². The van der Waals surface area contributed by atoms with Crippen LogP contribution >= 0.6 is 11.3 Å². The van der Waals surface area contributed by atoms with Gasteiger partial charge in [-0.2, -0.15) is 5.26 Å². The van der Waals surface area contributed by atoms with Crippen molar-refractivity contribution < 1.29 is 8.82 Å². The quantitative estimate of drug-likeness (QED) is 0.387. The van der Waals surface area contributed by atoms with E-state index in [1.165, 1.54) is 17.2 Å². The summed E-state index contributed by atoms with van der Waals surface area (Å²) in [5, 5.41) is 10.2. The molecule has 160 valence electrons. The molecule has 0 saturated carbocycles. The summed E-state index contributed by atoms with van der Waals surface area (Å²) in [6.07, 6.45) is 3.94. The summed E-state index contributed by atoms with van der Waals surface area (Å²) in [5.41, 5.74) is 4.63. The van der Waals surface area contributed by atoms with Gasteiger partial charge in [-0.15, -0.1) is 11.3 Å². The molecule has 4 rings (SSSR count). The summed E-state index contributed by atoms with van der Waals surface area (Å²) in [4.78, 5) is 5.59. The van der Waals surface area contributed by atoms with Crippen molar-refractivity contribution in [2.75, 3.05) is 0 Å². The van der Waals surface area contributed by atoms with Gasteiger partial charge in [-0.25, -0.2) is 9.37 Å². The second-order valence-electron chi connectivity index (χ2n) is 9.61. The van der Waals surface area contributed by atoms with Crippen LogP contribution in [-0.2, 0) is 10.8 Å². The van der Waals surface area contributed by atoms with Gasteiger partial charge in [0, 0.05) is 11.8 Å². The average molecular weight is 451 g/mol. The molecule has 1 aromatic heterocycles. The largest absolute Gasteiger partial charge is 0.410 e. The van der Waals surface area contributed by atoms with Gasteiger partial charge >= 0.3 is 0 Å². The number of rotatable bonds is 4. The lowest BCUT2D eigenvalue weighted by molar-refractivity contribution is 0.185. The molecular formula is C25H27FN2OSSi. The van der Waals surface area contributed by atoms with Gasteiger partial charge in [-0.1, -0.05) is 45.0 Å². The van der Waals surface area contributed by atoms with Gasteiger partial charge in [0.25, 0.3) is 0 Å². The van der Waals surface area contributed by atoms with Gasteiger partial charge in [-0.05, 0) is 59.8 Å². The summed E-state index contributed by atoms with van der Waals surface area (Å²) in [7, 11) is -1.86. The van der Waals surface area contributed by atoms with Crippen LogP contribution in [0.25, 0.3) is 21.0 Å². The highest BCUT2D eigenvalue weighted by atomic mass is 32.1. The van der Waals surface area contributed by atoms with Gasteiger partial charge in [0.15, 0.2) is 8.32 Å². The molecule has 0 spiro atoms. The molecule has 3 nitrogen and oxygen atoms in total. The highest BCUT2D eigenvalue weighted by Crippen LogP contribution is 2.46. The van der Waals surface area contributed by atoms with Crippen LogP contribution in [0.4, 0.5) is 4.39 Å². The average Bonchev–Trinajstić information content (AvgIpc) is 3.35.